The van der Waals surface area contributed by atoms with Crippen molar-refractivity contribution < 1.29 is 14.7 Å². The molecule has 0 aliphatic heterocycles. The Hall–Kier alpha value is -1.96. The first kappa shape index (κ1) is 15.1. The molecule has 1 rings (SSSR count). The minimum atomic E-state index is -1.00. The summed E-state index contributed by atoms with van der Waals surface area (Å²) in [6.45, 7) is 3.91. The molecule has 1 aromatic heterocycles. The molecule has 0 fully saturated rings. The number of nitrogens with two attached hydrogens (primary N) is 1. The molecule has 0 aliphatic rings. The van der Waals surface area contributed by atoms with Crippen molar-refractivity contribution in [1.29, 1.82) is 0 Å². The molecule has 0 saturated heterocycles. The van der Waals surface area contributed by atoms with Gasteiger partial charge in [0, 0.05) is 0 Å². The first-order chi connectivity index (χ1) is 8.88. The van der Waals surface area contributed by atoms with Gasteiger partial charge in [0.1, 0.15) is 12.2 Å². The number of carboxylic acids is 1. The minimum absolute atomic E-state index is 0.185. The van der Waals surface area contributed by atoms with Gasteiger partial charge in [0.15, 0.2) is 0 Å². The molecule has 1 aromatic rings. The Morgan fingerprint density at radius 1 is 1.53 bits per heavy atom. The fourth-order valence-electron chi connectivity index (χ4n) is 1.56. The van der Waals surface area contributed by atoms with Crippen molar-refractivity contribution in [2.45, 2.75) is 39.4 Å². The van der Waals surface area contributed by atoms with E-state index in [-0.39, 0.29) is 19.0 Å². The van der Waals surface area contributed by atoms with E-state index in [1.807, 2.05) is 13.8 Å². The Morgan fingerprint density at radius 2 is 2.21 bits per heavy atom. The smallest absolute Gasteiger partial charge is 0.325 e. The predicted octanol–water partition coefficient (Wildman–Crippen LogP) is -0.648. The normalized spacial score (nSPS) is 12.4. The van der Waals surface area contributed by atoms with E-state index in [0.717, 1.165) is 0 Å². The number of nitrogens with one attached hydrogen (secondary N) is 1. The van der Waals surface area contributed by atoms with Crippen molar-refractivity contribution in [2.24, 2.45) is 11.7 Å². The van der Waals surface area contributed by atoms with Crippen molar-refractivity contribution in [3.05, 3.63) is 11.9 Å². The number of rotatable bonds is 7. The van der Waals surface area contributed by atoms with E-state index in [2.05, 4.69) is 15.6 Å². The van der Waals surface area contributed by atoms with Crippen molar-refractivity contribution in [3.63, 3.8) is 0 Å². The summed E-state index contributed by atoms with van der Waals surface area (Å²) in [4.78, 5) is 22.1. The van der Waals surface area contributed by atoms with Crippen LogP contribution in [0.1, 0.15) is 26.0 Å². The van der Waals surface area contributed by atoms with E-state index in [9.17, 15) is 9.59 Å². The summed E-state index contributed by atoms with van der Waals surface area (Å²) in [7, 11) is 0. The van der Waals surface area contributed by atoms with E-state index >= 15 is 0 Å². The summed E-state index contributed by atoms with van der Waals surface area (Å²) < 4.78 is 1.19. The van der Waals surface area contributed by atoms with Crippen LogP contribution in [0.15, 0.2) is 6.20 Å². The average Bonchev–Trinajstić information content (AvgIpc) is 2.71. The number of hydrogen-bond acceptors (Lipinski definition) is 5. The van der Waals surface area contributed by atoms with Gasteiger partial charge in [0.05, 0.1) is 18.8 Å². The lowest BCUT2D eigenvalue weighted by atomic mass is 10.0. The maximum Gasteiger partial charge on any atom is 0.325 e. The highest BCUT2D eigenvalue weighted by atomic mass is 16.4. The summed E-state index contributed by atoms with van der Waals surface area (Å²) in [6.07, 6.45) is 2.08. The molecule has 0 bridgehead atoms. The van der Waals surface area contributed by atoms with Crippen LogP contribution < -0.4 is 11.1 Å². The van der Waals surface area contributed by atoms with Crippen LogP contribution in [0.25, 0.3) is 0 Å². The highest BCUT2D eigenvalue weighted by Crippen LogP contribution is 2.02. The van der Waals surface area contributed by atoms with Crippen LogP contribution in [0.4, 0.5) is 0 Å². The number of amides is 1. The summed E-state index contributed by atoms with van der Waals surface area (Å²) in [5, 5.41) is 18.6. The second-order valence-electron chi connectivity index (χ2n) is 4.76. The lowest BCUT2D eigenvalue weighted by Gasteiger charge is -2.13. The minimum Gasteiger partial charge on any atom is -0.480 e. The molecule has 8 heteroatoms. The molecule has 0 saturated carbocycles. The maximum absolute atomic E-state index is 11.7. The number of hydrogen-bond donors (Lipinski definition) is 3. The quantitative estimate of drug-likeness (QED) is 0.604. The first-order valence-corrected chi connectivity index (χ1v) is 6.02. The molecule has 4 N–H and O–H groups in total. The number of nitrogens with zero attached hydrogens (tertiary/aromatic N) is 3. The molecule has 1 atom stereocenters. The fraction of sp³-hybridized carbons (Fsp3) is 0.636. The van der Waals surface area contributed by atoms with Gasteiger partial charge in [-0.1, -0.05) is 19.1 Å². The van der Waals surface area contributed by atoms with Crippen LogP contribution in [0.3, 0.4) is 0 Å². The molecule has 1 heterocycles. The summed E-state index contributed by atoms with van der Waals surface area (Å²) in [6, 6.07) is -0.547. The molecule has 1 amide bonds. The van der Waals surface area contributed by atoms with Crippen molar-refractivity contribution >= 4 is 11.9 Å². The van der Waals surface area contributed by atoms with E-state index in [1.54, 1.807) is 0 Å². The second kappa shape index (κ2) is 6.83. The molecular weight excluding hydrogens is 250 g/mol. The van der Waals surface area contributed by atoms with Gasteiger partial charge in [-0.05, 0) is 12.3 Å². The van der Waals surface area contributed by atoms with Gasteiger partial charge >= 0.3 is 5.97 Å². The third-order valence-corrected chi connectivity index (χ3v) is 2.39. The molecular formula is C11H19N5O3. The molecule has 0 radical (unpaired) electrons. The molecule has 1 unspecified atom stereocenters. The molecule has 0 aromatic carbocycles. The zero-order chi connectivity index (χ0) is 14.4. The largest absolute Gasteiger partial charge is 0.480 e. The second-order valence-corrected chi connectivity index (χ2v) is 4.76. The van der Waals surface area contributed by atoms with Crippen LogP contribution in [0.2, 0.25) is 0 Å². The van der Waals surface area contributed by atoms with Crippen molar-refractivity contribution in [2.75, 3.05) is 0 Å². The summed E-state index contributed by atoms with van der Waals surface area (Å²) in [5.74, 6) is -0.905. The zero-order valence-corrected chi connectivity index (χ0v) is 11.0. The summed E-state index contributed by atoms with van der Waals surface area (Å²) in [5.41, 5.74) is 6.21. The third-order valence-electron chi connectivity index (χ3n) is 2.39. The SMILES string of the molecule is CC(C)CC(N)C(=O)NCc1cn(CC(=O)O)nn1. The Labute approximate surface area is 111 Å². The standard InChI is InChI=1S/C11H19N5O3/c1-7(2)3-9(12)11(19)13-4-8-5-16(15-14-8)6-10(17)18/h5,7,9H,3-4,6,12H2,1-2H3,(H,13,19)(H,17,18). The van der Waals surface area contributed by atoms with E-state index < -0.39 is 12.0 Å². The Kier molecular flexibility index (Phi) is 5.43. The van der Waals surface area contributed by atoms with E-state index in [1.165, 1.54) is 10.9 Å². The van der Waals surface area contributed by atoms with Crippen LogP contribution in [0.5, 0.6) is 0 Å². The molecule has 106 valence electrons. The van der Waals surface area contributed by atoms with Crippen LogP contribution >= 0.6 is 0 Å². The number of aromatic nitrogens is 3. The Morgan fingerprint density at radius 3 is 2.79 bits per heavy atom. The highest BCUT2D eigenvalue weighted by molar-refractivity contribution is 5.81. The van der Waals surface area contributed by atoms with Gasteiger partial charge in [-0.3, -0.25) is 9.59 Å². The molecule has 19 heavy (non-hydrogen) atoms. The Bertz CT molecular complexity index is 443. The van der Waals surface area contributed by atoms with Crippen molar-refractivity contribution in [3.8, 4) is 0 Å². The summed E-state index contributed by atoms with van der Waals surface area (Å²) >= 11 is 0. The van der Waals surface area contributed by atoms with Gasteiger partial charge in [-0.2, -0.15) is 0 Å². The third kappa shape index (κ3) is 5.47. The van der Waals surface area contributed by atoms with Crippen molar-refractivity contribution in [1.82, 2.24) is 20.3 Å². The molecule has 8 nitrogen and oxygen atoms in total. The number of aliphatic carboxylic acids is 1. The van der Waals surface area contributed by atoms with E-state index in [0.29, 0.717) is 18.0 Å². The molecule has 0 spiro atoms. The van der Waals surface area contributed by atoms with Gasteiger partial charge < -0.3 is 16.2 Å². The van der Waals surface area contributed by atoms with Crippen LogP contribution in [-0.4, -0.2) is 38.0 Å². The fourth-order valence-corrected chi connectivity index (χ4v) is 1.56. The maximum atomic E-state index is 11.7. The van der Waals surface area contributed by atoms with Gasteiger partial charge in [-0.15, -0.1) is 5.10 Å². The first-order valence-electron chi connectivity index (χ1n) is 6.02. The van der Waals surface area contributed by atoms with Gasteiger partial charge in [0.25, 0.3) is 0 Å². The zero-order valence-electron chi connectivity index (χ0n) is 11.0. The lowest BCUT2D eigenvalue weighted by molar-refractivity contribution is -0.138. The van der Waals surface area contributed by atoms with Crippen LogP contribution in [-0.2, 0) is 22.7 Å². The van der Waals surface area contributed by atoms with Gasteiger partial charge in [-0.25, -0.2) is 4.68 Å². The topological polar surface area (TPSA) is 123 Å². The Balaban J connectivity index is 2.41. The average molecular weight is 269 g/mol. The van der Waals surface area contributed by atoms with Gasteiger partial charge in [0.2, 0.25) is 5.91 Å². The number of carbonyl (C=O) groups excluding carboxylic acids is 1. The highest BCUT2D eigenvalue weighted by Gasteiger charge is 2.15. The van der Waals surface area contributed by atoms with E-state index in [4.69, 9.17) is 10.8 Å². The monoisotopic (exact) mass is 269 g/mol. The molecule has 0 aliphatic carbocycles. The number of carboxylic acid groups (broad SMARTS) is 1. The lowest BCUT2D eigenvalue weighted by Crippen LogP contribution is -2.41. The van der Waals surface area contributed by atoms with Crippen LogP contribution in [0, 0.1) is 5.92 Å². The number of carbonyl (C=O) groups is 2. The predicted molar refractivity (Wildman–Crippen MR) is 66.9 cm³/mol.